The molecule has 0 aromatic carbocycles. The van der Waals surface area contributed by atoms with Gasteiger partial charge in [-0.1, -0.05) is 19.8 Å². The fourth-order valence-corrected chi connectivity index (χ4v) is 2.52. The van der Waals surface area contributed by atoms with Gasteiger partial charge in [0.25, 0.3) is 0 Å². The summed E-state index contributed by atoms with van der Waals surface area (Å²) < 4.78 is 0. The fraction of sp³-hybridized carbons (Fsp3) is 1.00. The van der Waals surface area contributed by atoms with E-state index in [1.165, 1.54) is 0 Å². The van der Waals surface area contributed by atoms with Gasteiger partial charge in [0, 0.05) is 11.0 Å². The van der Waals surface area contributed by atoms with Crippen molar-refractivity contribution in [3.63, 3.8) is 0 Å². The van der Waals surface area contributed by atoms with E-state index in [1.54, 1.807) is 11.8 Å². The molecule has 0 aromatic rings. The summed E-state index contributed by atoms with van der Waals surface area (Å²) in [5, 5.41) is 19.0. The Bertz CT molecular complexity index is 132. The van der Waals surface area contributed by atoms with Crippen LogP contribution >= 0.6 is 11.8 Å². The first-order chi connectivity index (χ1) is 5.66. The smallest absolute Gasteiger partial charge is 0.0737 e. The van der Waals surface area contributed by atoms with Crippen molar-refractivity contribution in [3.05, 3.63) is 0 Å². The molecule has 2 N–H and O–H groups in total. The summed E-state index contributed by atoms with van der Waals surface area (Å²) in [6.45, 7) is 2.20. The molecule has 1 rings (SSSR count). The molecule has 1 unspecified atom stereocenters. The normalized spacial score (nSPS) is 24.2. The molecule has 0 aliphatic heterocycles. The predicted octanol–water partition coefficient (Wildman–Crippen LogP) is 1.41. The van der Waals surface area contributed by atoms with Crippen LogP contribution in [0.15, 0.2) is 0 Å². The van der Waals surface area contributed by atoms with Gasteiger partial charge in [-0.3, -0.25) is 0 Å². The van der Waals surface area contributed by atoms with E-state index in [4.69, 9.17) is 5.11 Å². The van der Waals surface area contributed by atoms with E-state index in [-0.39, 0.29) is 11.9 Å². The molecule has 1 fully saturated rings. The van der Waals surface area contributed by atoms with E-state index >= 15 is 0 Å². The van der Waals surface area contributed by atoms with Gasteiger partial charge in [0.2, 0.25) is 0 Å². The van der Waals surface area contributed by atoms with Crippen molar-refractivity contribution in [2.45, 2.75) is 43.5 Å². The van der Waals surface area contributed by atoms with Crippen LogP contribution in [0.1, 0.15) is 32.6 Å². The highest BCUT2D eigenvalue weighted by Crippen LogP contribution is 2.33. The van der Waals surface area contributed by atoms with Crippen molar-refractivity contribution >= 4 is 11.8 Å². The summed E-state index contributed by atoms with van der Waals surface area (Å²) in [4.78, 5) is 0. The second kappa shape index (κ2) is 4.49. The lowest BCUT2D eigenvalue weighted by Crippen LogP contribution is -2.28. The van der Waals surface area contributed by atoms with E-state index in [2.05, 4.69) is 0 Å². The Morgan fingerprint density at radius 2 is 2.00 bits per heavy atom. The summed E-state index contributed by atoms with van der Waals surface area (Å²) >= 11 is 1.67. The quantitative estimate of drug-likeness (QED) is 0.704. The minimum absolute atomic E-state index is 0.209. The number of rotatable bonds is 4. The molecule has 1 saturated carbocycles. The molecule has 0 amide bonds. The molecule has 0 spiro atoms. The first-order valence-corrected chi connectivity index (χ1v) is 5.66. The first-order valence-electron chi connectivity index (χ1n) is 4.61. The van der Waals surface area contributed by atoms with Gasteiger partial charge >= 0.3 is 0 Å². The number of hydrogen-bond acceptors (Lipinski definition) is 3. The maximum absolute atomic E-state index is 9.93. The van der Waals surface area contributed by atoms with Crippen LogP contribution in [0.5, 0.6) is 0 Å². The van der Waals surface area contributed by atoms with Crippen molar-refractivity contribution < 1.29 is 10.2 Å². The molecule has 1 aliphatic rings. The predicted molar refractivity (Wildman–Crippen MR) is 52.4 cm³/mol. The second-order valence-electron chi connectivity index (χ2n) is 3.74. The average Bonchev–Trinajstić information content (AvgIpc) is 2.49. The van der Waals surface area contributed by atoms with Crippen LogP contribution < -0.4 is 0 Å². The molecule has 3 heteroatoms. The van der Waals surface area contributed by atoms with Crippen LogP contribution in [0.25, 0.3) is 0 Å². The standard InChI is InChI=1S/C9H18O2S/c1-8(6-10)12-7-9(11)4-2-3-5-9/h8,10-11H,2-7H2,1H3. The minimum atomic E-state index is -0.423. The molecule has 1 aliphatic carbocycles. The van der Waals surface area contributed by atoms with Crippen LogP contribution in [-0.4, -0.2) is 33.4 Å². The van der Waals surface area contributed by atoms with Crippen molar-refractivity contribution in [2.24, 2.45) is 0 Å². The van der Waals surface area contributed by atoms with Gasteiger partial charge in [0.15, 0.2) is 0 Å². The lowest BCUT2D eigenvalue weighted by molar-refractivity contribution is 0.0731. The molecule has 2 nitrogen and oxygen atoms in total. The third-order valence-corrected chi connectivity index (χ3v) is 3.85. The maximum atomic E-state index is 9.93. The monoisotopic (exact) mass is 190 g/mol. The average molecular weight is 190 g/mol. The number of hydrogen-bond donors (Lipinski definition) is 2. The zero-order valence-corrected chi connectivity index (χ0v) is 8.44. The SMILES string of the molecule is CC(CO)SCC1(O)CCCC1. The Morgan fingerprint density at radius 3 is 2.50 bits per heavy atom. The van der Waals surface area contributed by atoms with E-state index in [9.17, 15) is 5.11 Å². The van der Waals surface area contributed by atoms with Crippen LogP contribution in [0.2, 0.25) is 0 Å². The second-order valence-corrected chi connectivity index (χ2v) is 5.16. The van der Waals surface area contributed by atoms with Gasteiger partial charge in [0.1, 0.15) is 0 Å². The molecule has 0 bridgehead atoms. The Morgan fingerprint density at radius 1 is 1.42 bits per heavy atom. The lowest BCUT2D eigenvalue weighted by atomic mass is 10.1. The number of aliphatic hydroxyl groups excluding tert-OH is 1. The molecule has 0 aromatic heterocycles. The largest absolute Gasteiger partial charge is 0.395 e. The van der Waals surface area contributed by atoms with Gasteiger partial charge in [-0.25, -0.2) is 0 Å². The third-order valence-electron chi connectivity index (χ3n) is 2.43. The van der Waals surface area contributed by atoms with Crippen LogP contribution in [0.3, 0.4) is 0 Å². The Hall–Kier alpha value is 0.270. The van der Waals surface area contributed by atoms with Crippen molar-refractivity contribution in [2.75, 3.05) is 12.4 Å². The van der Waals surface area contributed by atoms with Crippen LogP contribution in [0, 0.1) is 0 Å². The molecule has 1 atom stereocenters. The first kappa shape index (κ1) is 10.4. The van der Waals surface area contributed by atoms with E-state index in [0.717, 1.165) is 31.4 Å². The summed E-state index contributed by atoms with van der Waals surface area (Å²) in [6.07, 6.45) is 4.20. The summed E-state index contributed by atoms with van der Waals surface area (Å²) in [5.41, 5.74) is -0.423. The maximum Gasteiger partial charge on any atom is 0.0737 e. The van der Waals surface area contributed by atoms with Crippen molar-refractivity contribution in [3.8, 4) is 0 Å². The summed E-state index contributed by atoms with van der Waals surface area (Å²) in [5.74, 6) is 0.786. The van der Waals surface area contributed by atoms with Crippen molar-refractivity contribution in [1.82, 2.24) is 0 Å². The Kier molecular flexibility index (Phi) is 3.87. The third kappa shape index (κ3) is 2.96. The molecule has 72 valence electrons. The Labute approximate surface area is 78.4 Å². The molecule has 12 heavy (non-hydrogen) atoms. The molecular formula is C9H18O2S. The fourth-order valence-electron chi connectivity index (χ4n) is 1.53. The van der Waals surface area contributed by atoms with Gasteiger partial charge in [-0.15, -0.1) is 0 Å². The van der Waals surface area contributed by atoms with Crippen LogP contribution in [-0.2, 0) is 0 Å². The highest BCUT2D eigenvalue weighted by atomic mass is 32.2. The minimum Gasteiger partial charge on any atom is -0.395 e. The molecule has 0 heterocycles. The van der Waals surface area contributed by atoms with Gasteiger partial charge in [0.05, 0.1) is 12.2 Å². The van der Waals surface area contributed by atoms with E-state index in [0.29, 0.717) is 0 Å². The zero-order valence-electron chi connectivity index (χ0n) is 7.62. The number of aliphatic hydroxyl groups is 2. The van der Waals surface area contributed by atoms with E-state index in [1.807, 2.05) is 6.92 Å². The van der Waals surface area contributed by atoms with E-state index < -0.39 is 5.60 Å². The van der Waals surface area contributed by atoms with Gasteiger partial charge in [-0.2, -0.15) is 11.8 Å². The molecule has 0 saturated heterocycles. The Balaban J connectivity index is 2.21. The van der Waals surface area contributed by atoms with Crippen LogP contribution in [0.4, 0.5) is 0 Å². The zero-order chi connectivity index (χ0) is 9.03. The highest BCUT2D eigenvalue weighted by molar-refractivity contribution is 7.99. The summed E-state index contributed by atoms with van der Waals surface area (Å²) in [6, 6.07) is 0. The summed E-state index contributed by atoms with van der Waals surface area (Å²) in [7, 11) is 0. The van der Waals surface area contributed by atoms with Gasteiger partial charge < -0.3 is 10.2 Å². The van der Waals surface area contributed by atoms with Gasteiger partial charge in [-0.05, 0) is 12.8 Å². The molecular weight excluding hydrogens is 172 g/mol. The molecule has 0 radical (unpaired) electrons. The van der Waals surface area contributed by atoms with Crippen molar-refractivity contribution in [1.29, 1.82) is 0 Å². The highest BCUT2D eigenvalue weighted by Gasteiger charge is 2.31. The number of thioether (sulfide) groups is 1. The topological polar surface area (TPSA) is 40.5 Å². The lowest BCUT2D eigenvalue weighted by Gasteiger charge is -2.22.